The Bertz CT molecular complexity index is 247. The summed E-state index contributed by atoms with van der Waals surface area (Å²) in [6, 6.07) is -0.986. The maximum Gasteiger partial charge on any atom is 0.338 e. The standard InChI is InChI=1S/C8H14N2O4S/c1-2-3-14-8(13)6(9)10-5(4-15)7(11)12/h2,5-6,10,15H,1,3-4,9H2,(H,11,12). The van der Waals surface area contributed by atoms with E-state index in [0.29, 0.717) is 0 Å². The highest BCUT2D eigenvalue weighted by molar-refractivity contribution is 7.80. The fraction of sp³-hybridized carbons (Fsp3) is 0.500. The molecule has 0 amide bonds. The van der Waals surface area contributed by atoms with Crippen LogP contribution in [0.15, 0.2) is 12.7 Å². The molecule has 15 heavy (non-hydrogen) atoms. The van der Waals surface area contributed by atoms with Crippen LogP contribution in [0.5, 0.6) is 0 Å². The van der Waals surface area contributed by atoms with Gasteiger partial charge in [0, 0.05) is 5.75 Å². The molecule has 0 saturated heterocycles. The Balaban J connectivity index is 4.09. The van der Waals surface area contributed by atoms with Crippen LogP contribution in [-0.4, -0.2) is 41.6 Å². The molecule has 2 atom stereocenters. The fourth-order valence-corrected chi connectivity index (χ4v) is 0.979. The molecule has 0 rings (SSSR count). The van der Waals surface area contributed by atoms with Gasteiger partial charge in [-0.15, -0.1) is 0 Å². The predicted octanol–water partition coefficient (Wildman–Crippen LogP) is -1.03. The van der Waals surface area contributed by atoms with Crippen molar-refractivity contribution in [3.8, 4) is 0 Å². The van der Waals surface area contributed by atoms with Gasteiger partial charge in [-0.05, 0) is 0 Å². The highest BCUT2D eigenvalue weighted by Gasteiger charge is 2.22. The van der Waals surface area contributed by atoms with Crippen molar-refractivity contribution in [2.24, 2.45) is 5.73 Å². The predicted molar refractivity (Wildman–Crippen MR) is 57.5 cm³/mol. The van der Waals surface area contributed by atoms with Gasteiger partial charge in [-0.25, -0.2) is 4.79 Å². The number of rotatable bonds is 7. The largest absolute Gasteiger partial charge is 0.480 e. The van der Waals surface area contributed by atoms with Gasteiger partial charge in [0.05, 0.1) is 0 Å². The Labute approximate surface area is 92.9 Å². The number of carbonyl (C=O) groups is 2. The van der Waals surface area contributed by atoms with Crippen LogP contribution in [0.2, 0.25) is 0 Å². The van der Waals surface area contributed by atoms with Crippen LogP contribution in [0, 0.1) is 0 Å². The van der Waals surface area contributed by atoms with Gasteiger partial charge >= 0.3 is 11.9 Å². The maximum atomic E-state index is 11.1. The molecule has 0 aromatic carbocycles. The molecule has 0 heterocycles. The zero-order valence-corrected chi connectivity index (χ0v) is 8.94. The van der Waals surface area contributed by atoms with Crippen LogP contribution in [0.3, 0.4) is 0 Å². The number of esters is 1. The molecular formula is C8H14N2O4S. The molecule has 0 aromatic rings. The van der Waals surface area contributed by atoms with Gasteiger partial charge in [0.25, 0.3) is 0 Å². The summed E-state index contributed by atoms with van der Waals surface area (Å²) < 4.78 is 4.62. The Kier molecular flexibility index (Phi) is 6.76. The van der Waals surface area contributed by atoms with Gasteiger partial charge in [0.2, 0.25) is 0 Å². The molecule has 0 aliphatic heterocycles. The van der Waals surface area contributed by atoms with E-state index in [1.807, 2.05) is 0 Å². The Morgan fingerprint density at radius 1 is 1.67 bits per heavy atom. The second-order valence-electron chi connectivity index (χ2n) is 2.64. The number of carboxylic acid groups (broad SMARTS) is 1. The molecule has 0 spiro atoms. The number of nitrogens with one attached hydrogen (secondary N) is 1. The first-order valence-electron chi connectivity index (χ1n) is 4.15. The number of nitrogens with two attached hydrogens (primary N) is 1. The molecule has 0 aromatic heterocycles. The topological polar surface area (TPSA) is 102 Å². The third kappa shape index (κ3) is 5.40. The second-order valence-corrected chi connectivity index (χ2v) is 3.00. The van der Waals surface area contributed by atoms with Crippen molar-refractivity contribution in [1.29, 1.82) is 0 Å². The van der Waals surface area contributed by atoms with Crippen molar-refractivity contribution in [1.82, 2.24) is 5.32 Å². The monoisotopic (exact) mass is 234 g/mol. The van der Waals surface area contributed by atoms with Crippen molar-refractivity contribution in [2.45, 2.75) is 12.2 Å². The van der Waals surface area contributed by atoms with E-state index in [9.17, 15) is 9.59 Å². The molecule has 86 valence electrons. The van der Waals surface area contributed by atoms with Crippen LogP contribution >= 0.6 is 12.6 Å². The van der Waals surface area contributed by atoms with E-state index in [4.69, 9.17) is 10.8 Å². The zero-order valence-electron chi connectivity index (χ0n) is 8.05. The molecule has 2 unspecified atom stereocenters. The Hall–Kier alpha value is -1.05. The summed E-state index contributed by atoms with van der Waals surface area (Å²) in [7, 11) is 0. The lowest BCUT2D eigenvalue weighted by Gasteiger charge is -2.16. The van der Waals surface area contributed by atoms with Crippen LogP contribution in [-0.2, 0) is 14.3 Å². The zero-order chi connectivity index (χ0) is 11.8. The van der Waals surface area contributed by atoms with E-state index in [1.54, 1.807) is 0 Å². The summed E-state index contributed by atoms with van der Waals surface area (Å²) in [6.07, 6.45) is 0.205. The van der Waals surface area contributed by atoms with E-state index in [1.165, 1.54) is 6.08 Å². The number of aliphatic carboxylic acids is 1. The normalized spacial score (nSPS) is 14.0. The minimum Gasteiger partial charge on any atom is -0.480 e. The molecular weight excluding hydrogens is 220 g/mol. The number of hydrogen-bond acceptors (Lipinski definition) is 6. The van der Waals surface area contributed by atoms with Gasteiger partial charge < -0.3 is 15.6 Å². The SMILES string of the molecule is C=CCOC(=O)C(N)NC(CS)C(=O)O. The highest BCUT2D eigenvalue weighted by atomic mass is 32.1. The molecule has 6 nitrogen and oxygen atoms in total. The van der Waals surface area contributed by atoms with Gasteiger partial charge in [-0.2, -0.15) is 12.6 Å². The van der Waals surface area contributed by atoms with E-state index in [0.717, 1.165) is 0 Å². The van der Waals surface area contributed by atoms with E-state index in [2.05, 4.69) is 29.3 Å². The molecule has 0 saturated carbocycles. The smallest absolute Gasteiger partial charge is 0.338 e. The van der Waals surface area contributed by atoms with Crippen molar-refractivity contribution >= 4 is 24.6 Å². The number of hydrogen-bond donors (Lipinski definition) is 4. The quantitative estimate of drug-likeness (QED) is 0.194. The van der Waals surface area contributed by atoms with Crippen molar-refractivity contribution in [2.75, 3.05) is 12.4 Å². The molecule has 0 aliphatic rings. The molecule has 7 heteroatoms. The van der Waals surface area contributed by atoms with Crippen LogP contribution in [0.1, 0.15) is 0 Å². The first-order chi connectivity index (χ1) is 7.02. The summed E-state index contributed by atoms with van der Waals surface area (Å²) >= 11 is 3.80. The third-order valence-corrected chi connectivity index (χ3v) is 1.82. The lowest BCUT2D eigenvalue weighted by molar-refractivity contribution is -0.146. The lowest BCUT2D eigenvalue weighted by Crippen LogP contribution is -2.53. The molecule has 0 bridgehead atoms. The van der Waals surface area contributed by atoms with E-state index < -0.39 is 24.1 Å². The van der Waals surface area contributed by atoms with Gasteiger partial charge in [-0.1, -0.05) is 12.7 Å². The Morgan fingerprint density at radius 2 is 2.27 bits per heavy atom. The van der Waals surface area contributed by atoms with Crippen LogP contribution in [0.25, 0.3) is 0 Å². The van der Waals surface area contributed by atoms with Crippen molar-refractivity contribution in [3.63, 3.8) is 0 Å². The van der Waals surface area contributed by atoms with E-state index in [-0.39, 0.29) is 12.4 Å². The Morgan fingerprint density at radius 3 is 2.67 bits per heavy atom. The van der Waals surface area contributed by atoms with Gasteiger partial charge in [0.15, 0.2) is 6.17 Å². The second kappa shape index (κ2) is 7.27. The molecule has 0 fully saturated rings. The summed E-state index contributed by atoms with van der Waals surface area (Å²) in [6.45, 7) is 3.39. The van der Waals surface area contributed by atoms with Crippen molar-refractivity contribution < 1.29 is 19.4 Å². The maximum absolute atomic E-state index is 11.1. The number of thiol groups is 1. The summed E-state index contributed by atoms with van der Waals surface area (Å²) in [5.74, 6) is -1.84. The number of carboxylic acids is 1. The number of ether oxygens (including phenoxy) is 1. The van der Waals surface area contributed by atoms with Gasteiger partial charge in [0.1, 0.15) is 12.6 Å². The molecule has 0 aliphatic carbocycles. The first kappa shape index (κ1) is 13.9. The third-order valence-electron chi connectivity index (χ3n) is 1.46. The van der Waals surface area contributed by atoms with E-state index >= 15 is 0 Å². The average molecular weight is 234 g/mol. The summed E-state index contributed by atoms with van der Waals surface area (Å²) in [5.41, 5.74) is 5.36. The van der Waals surface area contributed by atoms with Crippen LogP contribution < -0.4 is 11.1 Å². The minimum atomic E-state index is -1.18. The fourth-order valence-electron chi connectivity index (χ4n) is 0.718. The van der Waals surface area contributed by atoms with Gasteiger partial charge in [-0.3, -0.25) is 10.1 Å². The average Bonchev–Trinajstić information content (AvgIpc) is 2.21. The molecule has 0 radical (unpaired) electrons. The van der Waals surface area contributed by atoms with Crippen molar-refractivity contribution in [3.05, 3.63) is 12.7 Å². The summed E-state index contributed by atoms with van der Waals surface area (Å²) in [4.78, 5) is 21.7. The minimum absolute atomic E-state index is 0.0256. The lowest BCUT2D eigenvalue weighted by atomic mass is 10.3. The highest BCUT2D eigenvalue weighted by Crippen LogP contribution is 1.91. The first-order valence-corrected chi connectivity index (χ1v) is 4.79. The van der Waals surface area contributed by atoms with Crippen LogP contribution in [0.4, 0.5) is 0 Å². The molecule has 4 N–H and O–H groups in total. The number of carbonyl (C=O) groups excluding carboxylic acids is 1. The summed E-state index contributed by atoms with van der Waals surface area (Å²) in [5, 5.41) is 11.0.